The SMILES string of the molecule is Cc1cc(F)c(Br)cc1NC1CCCC(C(C)(C)C)CC1. The predicted molar refractivity (Wildman–Crippen MR) is 92.3 cm³/mol. The zero-order valence-corrected chi connectivity index (χ0v) is 15.2. The maximum Gasteiger partial charge on any atom is 0.137 e. The summed E-state index contributed by atoms with van der Waals surface area (Å²) in [6.45, 7) is 9.03. The average molecular weight is 356 g/mol. The van der Waals surface area contributed by atoms with Gasteiger partial charge in [-0.15, -0.1) is 0 Å². The van der Waals surface area contributed by atoms with Gasteiger partial charge >= 0.3 is 0 Å². The number of anilines is 1. The van der Waals surface area contributed by atoms with Crippen LogP contribution in [-0.2, 0) is 0 Å². The molecule has 1 aliphatic carbocycles. The Bertz CT molecular complexity index is 493. The third kappa shape index (κ3) is 4.45. The van der Waals surface area contributed by atoms with Crippen molar-refractivity contribution in [3.8, 4) is 0 Å². The summed E-state index contributed by atoms with van der Waals surface area (Å²) in [6, 6.07) is 3.98. The van der Waals surface area contributed by atoms with Gasteiger partial charge in [0.05, 0.1) is 4.47 Å². The second-order valence-electron chi connectivity index (χ2n) is 7.49. The van der Waals surface area contributed by atoms with Crippen molar-refractivity contribution in [3.63, 3.8) is 0 Å². The van der Waals surface area contributed by atoms with E-state index in [0.717, 1.165) is 17.2 Å². The fraction of sp³-hybridized carbons (Fsp3) is 0.667. The van der Waals surface area contributed by atoms with Crippen molar-refractivity contribution in [1.82, 2.24) is 0 Å². The molecule has 0 saturated heterocycles. The lowest BCUT2D eigenvalue weighted by Crippen LogP contribution is -2.22. The highest BCUT2D eigenvalue weighted by atomic mass is 79.9. The number of hydrogen-bond donors (Lipinski definition) is 1. The van der Waals surface area contributed by atoms with Crippen molar-refractivity contribution in [2.24, 2.45) is 11.3 Å². The van der Waals surface area contributed by atoms with Gasteiger partial charge in [0.2, 0.25) is 0 Å². The fourth-order valence-electron chi connectivity index (χ4n) is 3.33. The van der Waals surface area contributed by atoms with Crippen LogP contribution in [0.3, 0.4) is 0 Å². The minimum absolute atomic E-state index is 0.188. The van der Waals surface area contributed by atoms with Gasteiger partial charge in [-0.2, -0.15) is 0 Å². The van der Waals surface area contributed by atoms with E-state index in [2.05, 4.69) is 42.0 Å². The van der Waals surface area contributed by atoms with Gasteiger partial charge in [0, 0.05) is 11.7 Å². The highest BCUT2D eigenvalue weighted by Crippen LogP contribution is 2.37. The molecule has 0 aromatic heterocycles. The minimum atomic E-state index is -0.188. The van der Waals surface area contributed by atoms with Crippen LogP contribution in [0.4, 0.5) is 10.1 Å². The molecular weight excluding hydrogens is 329 g/mol. The highest BCUT2D eigenvalue weighted by molar-refractivity contribution is 9.10. The average Bonchev–Trinajstić information content (AvgIpc) is 2.61. The van der Waals surface area contributed by atoms with Crippen LogP contribution < -0.4 is 5.32 Å². The number of rotatable bonds is 2. The maximum absolute atomic E-state index is 13.5. The Morgan fingerprint density at radius 3 is 2.52 bits per heavy atom. The molecule has 0 radical (unpaired) electrons. The second-order valence-corrected chi connectivity index (χ2v) is 8.35. The third-order valence-electron chi connectivity index (χ3n) is 4.82. The summed E-state index contributed by atoms with van der Waals surface area (Å²) in [5.74, 6) is 0.622. The molecule has 1 N–H and O–H groups in total. The van der Waals surface area contributed by atoms with Crippen molar-refractivity contribution in [2.45, 2.75) is 65.8 Å². The van der Waals surface area contributed by atoms with Gasteiger partial charge in [-0.3, -0.25) is 0 Å². The molecule has 3 heteroatoms. The monoisotopic (exact) mass is 355 g/mol. The van der Waals surface area contributed by atoms with E-state index in [-0.39, 0.29) is 5.82 Å². The summed E-state index contributed by atoms with van der Waals surface area (Å²) in [5.41, 5.74) is 2.44. The Morgan fingerprint density at radius 1 is 1.14 bits per heavy atom. The molecule has 21 heavy (non-hydrogen) atoms. The Labute approximate surface area is 136 Å². The van der Waals surface area contributed by atoms with Gasteiger partial charge < -0.3 is 5.32 Å². The molecule has 0 aliphatic heterocycles. The van der Waals surface area contributed by atoms with Crippen molar-refractivity contribution in [1.29, 1.82) is 0 Å². The molecule has 0 spiro atoms. The molecule has 1 aliphatic rings. The minimum Gasteiger partial charge on any atom is -0.382 e. The molecule has 1 nitrogen and oxygen atoms in total. The molecule has 1 aromatic carbocycles. The van der Waals surface area contributed by atoms with E-state index in [9.17, 15) is 4.39 Å². The Kier molecular flexibility index (Phi) is 5.34. The van der Waals surface area contributed by atoms with E-state index in [1.807, 2.05) is 13.0 Å². The quantitative estimate of drug-likeness (QED) is 0.613. The first-order valence-electron chi connectivity index (χ1n) is 7.99. The molecular formula is C18H27BrFN. The lowest BCUT2D eigenvalue weighted by molar-refractivity contribution is 0.214. The number of halogens is 2. The molecule has 1 aromatic rings. The number of hydrogen-bond acceptors (Lipinski definition) is 1. The van der Waals surface area contributed by atoms with Crippen LogP contribution in [0, 0.1) is 24.1 Å². The van der Waals surface area contributed by atoms with Crippen LogP contribution in [0.1, 0.15) is 58.4 Å². The molecule has 2 atom stereocenters. The molecule has 1 saturated carbocycles. The smallest absolute Gasteiger partial charge is 0.137 e. The van der Waals surface area contributed by atoms with Crippen LogP contribution in [0.5, 0.6) is 0 Å². The standard InChI is InChI=1S/C18H27BrFN/c1-12-10-16(20)15(19)11-17(12)21-14-7-5-6-13(8-9-14)18(2,3)4/h10-11,13-14,21H,5-9H2,1-4H3. The van der Waals surface area contributed by atoms with Gasteiger partial charge in [0.15, 0.2) is 0 Å². The van der Waals surface area contributed by atoms with E-state index in [1.165, 1.54) is 32.1 Å². The van der Waals surface area contributed by atoms with Gasteiger partial charge in [0.25, 0.3) is 0 Å². The lowest BCUT2D eigenvalue weighted by atomic mass is 9.76. The van der Waals surface area contributed by atoms with E-state index in [0.29, 0.717) is 15.9 Å². The fourth-order valence-corrected chi connectivity index (χ4v) is 3.68. The van der Waals surface area contributed by atoms with Gasteiger partial charge in [0.1, 0.15) is 5.82 Å². The van der Waals surface area contributed by atoms with Crippen LogP contribution in [0.15, 0.2) is 16.6 Å². The largest absolute Gasteiger partial charge is 0.382 e. The molecule has 2 rings (SSSR count). The summed E-state index contributed by atoms with van der Waals surface area (Å²) in [6.07, 6.45) is 6.30. The molecule has 0 amide bonds. The highest BCUT2D eigenvalue weighted by Gasteiger charge is 2.27. The van der Waals surface area contributed by atoms with E-state index >= 15 is 0 Å². The van der Waals surface area contributed by atoms with E-state index in [1.54, 1.807) is 6.07 Å². The summed E-state index contributed by atoms with van der Waals surface area (Å²) in [4.78, 5) is 0. The zero-order chi connectivity index (χ0) is 15.6. The van der Waals surface area contributed by atoms with E-state index in [4.69, 9.17) is 0 Å². The van der Waals surface area contributed by atoms with Gasteiger partial charge in [-0.05, 0) is 77.6 Å². The van der Waals surface area contributed by atoms with Crippen molar-refractivity contribution in [2.75, 3.05) is 5.32 Å². The summed E-state index contributed by atoms with van der Waals surface area (Å²) < 4.78 is 14.0. The van der Waals surface area contributed by atoms with Crippen LogP contribution in [-0.4, -0.2) is 6.04 Å². The van der Waals surface area contributed by atoms with Crippen molar-refractivity contribution >= 4 is 21.6 Å². The molecule has 2 unspecified atom stereocenters. The Hall–Kier alpha value is -0.570. The number of aryl methyl sites for hydroxylation is 1. The van der Waals surface area contributed by atoms with Crippen LogP contribution >= 0.6 is 15.9 Å². The topological polar surface area (TPSA) is 12.0 Å². The third-order valence-corrected chi connectivity index (χ3v) is 5.43. The molecule has 0 bridgehead atoms. The van der Waals surface area contributed by atoms with Gasteiger partial charge in [-0.25, -0.2) is 4.39 Å². The maximum atomic E-state index is 13.5. The zero-order valence-electron chi connectivity index (χ0n) is 13.6. The lowest BCUT2D eigenvalue weighted by Gasteiger charge is -2.29. The first-order chi connectivity index (χ1) is 9.77. The summed E-state index contributed by atoms with van der Waals surface area (Å²) in [7, 11) is 0. The Morgan fingerprint density at radius 2 is 1.86 bits per heavy atom. The summed E-state index contributed by atoms with van der Waals surface area (Å²) in [5, 5.41) is 3.63. The van der Waals surface area contributed by atoms with Crippen molar-refractivity contribution in [3.05, 3.63) is 28.0 Å². The van der Waals surface area contributed by atoms with E-state index < -0.39 is 0 Å². The second kappa shape index (κ2) is 6.68. The molecule has 0 heterocycles. The first-order valence-corrected chi connectivity index (χ1v) is 8.79. The van der Waals surface area contributed by atoms with Crippen molar-refractivity contribution < 1.29 is 4.39 Å². The van der Waals surface area contributed by atoms with Gasteiger partial charge in [-0.1, -0.05) is 27.2 Å². The summed E-state index contributed by atoms with van der Waals surface area (Å²) >= 11 is 3.28. The first kappa shape index (κ1) is 16.8. The Balaban J connectivity index is 2.03. The number of nitrogens with one attached hydrogen (secondary N) is 1. The molecule has 1 fully saturated rings. The molecule has 118 valence electrons. The number of benzene rings is 1. The predicted octanol–water partition coefficient (Wildman–Crippen LogP) is 6.30. The van der Waals surface area contributed by atoms with Crippen LogP contribution in [0.2, 0.25) is 0 Å². The normalized spacial score (nSPS) is 23.7. The van der Waals surface area contributed by atoms with Crippen LogP contribution in [0.25, 0.3) is 0 Å².